The minimum absolute atomic E-state index is 0.173. The molecule has 2 nitrogen and oxygen atoms in total. The summed E-state index contributed by atoms with van der Waals surface area (Å²) in [5, 5.41) is 0. The molecule has 0 aliphatic heterocycles. The maximum atomic E-state index is 13.7. The Morgan fingerprint density at radius 2 is 1.84 bits per heavy atom. The van der Waals surface area contributed by atoms with Crippen molar-refractivity contribution in [3.8, 4) is 0 Å². The Labute approximate surface area is 111 Å². The van der Waals surface area contributed by atoms with Gasteiger partial charge in [0.15, 0.2) is 0 Å². The standard InChI is InChI=1S/C16H15FN2/c1-11-7-15-16(8-12(11)2)19(10-18-15)9-13-5-3-4-6-14(13)17/h3-8,10H,9H2,1-2H3. The van der Waals surface area contributed by atoms with Crippen LogP contribution in [0.2, 0.25) is 0 Å². The van der Waals surface area contributed by atoms with Crippen LogP contribution in [0.25, 0.3) is 11.0 Å². The van der Waals surface area contributed by atoms with Crippen molar-refractivity contribution in [1.29, 1.82) is 0 Å². The molecule has 0 N–H and O–H groups in total. The van der Waals surface area contributed by atoms with E-state index in [-0.39, 0.29) is 5.82 Å². The molecule has 1 heterocycles. The largest absolute Gasteiger partial charge is 0.326 e. The van der Waals surface area contributed by atoms with Crippen molar-refractivity contribution >= 4 is 11.0 Å². The third-order valence-electron chi connectivity index (χ3n) is 3.54. The van der Waals surface area contributed by atoms with Gasteiger partial charge >= 0.3 is 0 Å². The van der Waals surface area contributed by atoms with Crippen LogP contribution >= 0.6 is 0 Å². The quantitative estimate of drug-likeness (QED) is 0.679. The Balaban J connectivity index is 2.07. The van der Waals surface area contributed by atoms with Crippen LogP contribution in [0.4, 0.5) is 4.39 Å². The molecule has 96 valence electrons. The second-order valence-corrected chi connectivity index (χ2v) is 4.89. The smallest absolute Gasteiger partial charge is 0.128 e. The maximum Gasteiger partial charge on any atom is 0.128 e. The van der Waals surface area contributed by atoms with E-state index < -0.39 is 0 Å². The first kappa shape index (κ1) is 11.9. The van der Waals surface area contributed by atoms with Gasteiger partial charge in [0.25, 0.3) is 0 Å². The monoisotopic (exact) mass is 254 g/mol. The number of halogens is 1. The molecule has 0 saturated carbocycles. The molecule has 19 heavy (non-hydrogen) atoms. The van der Waals surface area contributed by atoms with E-state index >= 15 is 0 Å². The maximum absolute atomic E-state index is 13.7. The lowest BCUT2D eigenvalue weighted by Crippen LogP contribution is -2.00. The van der Waals surface area contributed by atoms with Gasteiger partial charge in [0.1, 0.15) is 5.82 Å². The molecule has 0 unspecified atom stereocenters. The molecule has 0 saturated heterocycles. The van der Waals surface area contributed by atoms with Gasteiger partial charge in [-0.15, -0.1) is 0 Å². The highest BCUT2D eigenvalue weighted by Gasteiger charge is 2.07. The van der Waals surface area contributed by atoms with E-state index in [1.165, 1.54) is 17.2 Å². The molecule has 2 aromatic carbocycles. The Bertz CT molecular complexity index is 744. The Hall–Kier alpha value is -2.16. The molecule has 0 spiro atoms. The van der Waals surface area contributed by atoms with E-state index in [1.807, 2.05) is 16.7 Å². The van der Waals surface area contributed by atoms with E-state index in [9.17, 15) is 4.39 Å². The van der Waals surface area contributed by atoms with Gasteiger partial charge in [0.2, 0.25) is 0 Å². The lowest BCUT2D eigenvalue weighted by Gasteiger charge is -2.07. The fraction of sp³-hybridized carbons (Fsp3) is 0.188. The second kappa shape index (κ2) is 4.50. The van der Waals surface area contributed by atoms with Gasteiger partial charge in [0.05, 0.1) is 23.9 Å². The predicted octanol–water partition coefficient (Wildman–Crippen LogP) is 3.84. The van der Waals surface area contributed by atoms with E-state index in [0.717, 1.165) is 11.0 Å². The molecular weight excluding hydrogens is 239 g/mol. The average molecular weight is 254 g/mol. The summed E-state index contributed by atoms with van der Waals surface area (Å²) in [6.07, 6.45) is 1.77. The van der Waals surface area contributed by atoms with E-state index in [0.29, 0.717) is 12.1 Å². The SMILES string of the molecule is Cc1cc2ncn(Cc3ccccc3F)c2cc1C. The molecule has 0 radical (unpaired) electrons. The average Bonchev–Trinajstić information content (AvgIpc) is 2.76. The first-order valence-corrected chi connectivity index (χ1v) is 6.30. The van der Waals surface area contributed by atoms with E-state index in [1.54, 1.807) is 12.4 Å². The van der Waals surface area contributed by atoms with Crippen molar-refractivity contribution in [2.45, 2.75) is 20.4 Å². The number of hydrogen-bond acceptors (Lipinski definition) is 1. The number of imidazole rings is 1. The fourth-order valence-corrected chi connectivity index (χ4v) is 2.25. The molecule has 3 aromatic rings. The molecule has 0 aliphatic rings. The minimum atomic E-state index is -0.173. The molecule has 3 rings (SSSR count). The third-order valence-corrected chi connectivity index (χ3v) is 3.54. The predicted molar refractivity (Wildman–Crippen MR) is 74.7 cm³/mol. The number of nitrogens with zero attached hydrogens (tertiary/aromatic N) is 2. The zero-order valence-corrected chi connectivity index (χ0v) is 11.0. The van der Waals surface area contributed by atoms with Gasteiger partial charge in [-0.25, -0.2) is 9.37 Å². The molecule has 0 amide bonds. The summed E-state index contributed by atoms with van der Waals surface area (Å²) in [5.74, 6) is -0.173. The normalized spacial score (nSPS) is 11.1. The van der Waals surface area contributed by atoms with Crippen LogP contribution < -0.4 is 0 Å². The number of aromatic nitrogens is 2. The summed E-state index contributed by atoms with van der Waals surface area (Å²) < 4.78 is 15.7. The molecule has 1 aromatic heterocycles. The fourth-order valence-electron chi connectivity index (χ4n) is 2.25. The van der Waals surface area contributed by atoms with Crippen molar-refractivity contribution in [2.75, 3.05) is 0 Å². The van der Waals surface area contributed by atoms with E-state index in [2.05, 4.69) is 31.0 Å². The Morgan fingerprint density at radius 1 is 1.11 bits per heavy atom. The first-order chi connectivity index (χ1) is 9.15. The highest BCUT2D eigenvalue weighted by atomic mass is 19.1. The number of rotatable bonds is 2. The highest BCUT2D eigenvalue weighted by molar-refractivity contribution is 5.77. The summed E-state index contributed by atoms with van der Waals surface area (Å²) in [6, 6.07) is 11.0. The zero-order valence-electron chi connectivity index (χ0n) is 11.0. The zero-order chi connectivity index (χ0) is 13.4. The molecule has 0 atom stereocenters. The number of fused-ring (bicyclic) bond motifs is 1. The van der Waals surface area contributed by atoms with Gasteiger partial charge in [-0.1, -0.05) is 18.2 Å². The summed E-state index contributed by atoms with van der Waals surface area (Å²) in [5.41, 5.74) is 5.14. The van der Waals surface area contributed by atoms with Crippen molar-refractivity contribution in [3.63, 3.8) is 0 Å². The topological polar surface area (TPSA) is 17.8 Å². The highest BCUT2D eigenvalue weighted by Crippen LogP contribution is 2.20. The lowest BCUT2D eigenvalue weighted by atomic mass is 10.1. The second-order valence-electron chi connectivity index (χ2n) is 4.89. The van der Waals surface area contributed by atoms with Gasteiger partial charge < -0.3 is 4.57 Å². The van der Waals surface area contributed by atoms with Crippen LogP contribution in [0.3, 0.4) is 0 Å². The van der Waals surface area contributed by atoms with Crippen molar-refractivity contribution in [1.82, 2.24) is 9.55 Å². The molecule has 0 fully saturated rings. The van der Waals surface area contributed by atoms with Gasteiger partial charge in [-0.3, -0.25) is 0 Å². The van der Waals surface area contributed by atoms with Crippen LogP contribution in [0.1, 0.15) is 16.7 Å². The van der Waals surface area contributed by atoms with Crippen LogP contribution in [0.15, 0.2) is 42.7 Å². The third kappa shape index (κ3) is 2.12. The number of benzene rings is 2. The van der Waals surface area contributed by atoms with Gasteiger partial charge in [-0.05, 0) is 43.2 Å². The summed E-state index contributed by atoms with van der Waals surface area (Å²) in [4.78, 5) is 4.39. The number of hydrogen-bond donors (Lipinski definition) is 0. The molecular formula is C16H15FN2. The van der Waals surface area contributed by atoms with Gasteiger partial charge in [-0.2, -0.15) is 0 Å². The van der Waals surface area contributed by atoms with E-state index in [4.69, 9.17) is 0 Å². The summed E-state index contributed by atoms with van der Waals surface area (Å²) in [6.45, 7) is 4.66. The molecule has 0 aliphatic carbocycles. The van der Waals surface area contributed by atoms with Crippen LogP contribution in [0, 0.1) is 19.7 Å². The van der Waals surface area contributed by atoms with Crippen LogP contribution in [-0.2, 0) is 6.54 Å². The van der Waals surface area contributed by atoms with Crippen LogP contribution in [0.5, 0.6) is 0 Å². The van der Waals surface area contributed by atoms with Crippen molar-refractivity contribution in [3.05, 3.63) is 65.2 Å². The van der Waals surface area contributed by atoms with Crippen molar-refractivity contribution in [2.24, 2.45) is 0 Å². The van der Waals surface area contributed by atoms with Crippen molar-refractivity contribution < 1.29 is 4.39 Å². The molecule has 0 bridgehead atoms. The Morgan fingerprint density at radius 3 is 2.63 bits per heavy atom. The lowest BCUT2D eigenvalue weighted by molar-refractivity contribution is 0.601. The minimum Gasteiger partial charge on any atom is -0.326 e. The van der Waals surface area contributed by atoms with Crippen LogP contribution in [-0.4, -0.2) is 9.55 Å². The molecule has 3 heteroatoms. The first-order valence-electron chi connectivity index (χ1n) is 6.30. The Kier molecular flexibility index (Phi) is 2.82. The summed E-state index contributed by atoms with van der Waals surface area (Å²) in [7, 11) is 0. The van der Waals surface area contributed by atoms with Gasteiger partial charge in [0, 0.05) is 5.56 Å². The number of aryl methyl sites for hydroxylation is 2. The summed E-state index contributed by atoms with van der Waals surface area (Å²) >= 11 is 0.